The van der Waals surface area contributed by atoms with Crippen LogP contribution in [0.4, 0.5) is 0 Å². The number of carboxylic acid groups (broad SMARTS) is 1. The molecule has 0 atom stereocenters. The van der Waals surface area contributed by atoms with Crippen LogP contribution in [0, 0.1) is 5.41 Å². The van der Waals surface area contributed by atoms with Crippen LogP contribution in [0.3, 0.4) is 0 Å². The van der Waals surface area contributed by atoms with E-state index in [1.807, 2.05) is 0 Å². The lowest BCUT2D eigenvalue weighted by molar-refractivity contribution is -0.139. The molecule has 0 radical (unpaired) electrons. The molecule has 2 heteroatoms. The van der Waals surface area contributed by atoms with Gasteiger partial charge >= 0.3 is 5.97 Å². The van der Waals surface area contributed by atoms with Crippen molar-refractivity contribution in [1.29, 1.82) is 0 Å². The molecule has 0 aliphatic rings. The van der Waals surface area contributed by atoms with E-state index in [4.69, 9.17) is 5.11 Å². The topological polar surface area (TPSA) is 37.3 Å². The lowest BCUT2D eigenvalue weighted by atomic mass is 9.77. The second-order valence-corrected chi connectivity index (χ2v) is 4.59. The predicted octanol–water partition coefficient (Wildman–Crippen LogP) is 3.85. The van der Waals surface area contributed by atoms with Crippen molar-refractivity contribution >= 4 is 5.97 Å². The van der Waals surface area contributed by atoms with Crippen molar-refractivity contribution in [3.63, 3.8) is 0 Å². The summed E-state index contributed by atoms with van der Waals surface area (Å²) in [6, 6.07) is 0. The summed E-state index contributed by atoms with van der Waals surface area (Å²) in [6.45, 7) is 6.43. The third-order valence-electron chi connectivity index (χ3n) is 2.85. The molecule has 2 nitrogen and oxygen atoms in total. The van der Waals surface area contributed by atoms with E-state index < -0.39 is 5.97 Å². The van der Waals surface area contributed by atoms with E-state index in [0.717, 1.165) is 38.5 Å². The van der Waals surface area contributed by atoms with Crippen LogP contribution in [0.5, 0.6) is 0 Å². The van der Waals surface area contributed by atoms with Gasteiger partial charge in [0.05, 0.1) is 6.42 Å². The molecular weight excluding hydrogens is 176 g/mol. The molecule has 0 saturated heterocycles. The Labute approximate surface area is 87.7 Å². The average molecular weight is 200 g/mol. The standard InChI is InChI=1S/C12H24O2/c1-4-6-8-12(3,9-7-5-2)10-11(13)14/h4-10H2,1-3H3,(H,13,14). The zero-order valence-corrected chi connectivity index (χ0v) is 9.81. The normalized spacial score (nSPS) is 11.6. The van der Waals surface area contributed by atoms with Crippen LogP contribution in [0.2, 0.25) is 0 Å². The fourth-order valence-corrected chi connectivity index (χ4v) is 1.87. The average Bonchev–Trinajstić information content (AvgIpc) is 2.11. The van der Waals surface area contributed by atoms with E-state index in [2.05, 4.69) is 20.8 Å². The highest BCUT2D eigenvalue weighted by Gasteiger charge is 2.25. The van der Waals surface area contributed by atoms with Gasteiger partial charge in [-0.15, -0.1) is 0 Å². The number of carboxylic acids is 1. The smallest absolute Gasteiger partial charge is 0.303 e. The number of carbonyl (C=O) groups is 1. The second-order valence-electron chi connectivity index (χ2n) is 4.59. The summed E-state index contributed by atoms with van der Waals surface area (Å²) in [5, 5.41) is 8.85. The van der Waals surface area contributed by atoms with Crippen molar-refractivity contribution in [2.75, 3.05) is 0 Å². The van der Waals surface area contributed by atoms with Gasteiger partial charge in [-0.2, -0.15) is 0 Å². The summed E-state index contributed by atoms with van der Waals surface area (Å²) in [5.41, 5.74) is 0.0256. The Balaban J connectivity index is 4.09. The van der Waals surface area contributed by atoms with Crippen molar-refractivity contribution in [2.45, 2.75) is 65.7 Å². The molecule has 0 aromatic carbocycles. The number of hydrogen-bond donors (Lipinski definition) is 1. The minimum atomic E-state index is -0.653. The minimum Gasteiger partial charge on any atom is -0.481 e. The molecule has 0 aliphatic heterocycles. The number of aliphatic carboxylic acids is 1. The van der Waals surface area contributed by atoms with Crippen LogP contribution < -0.4 is 0 Å². The maximum atomic E-state index is 10.7. The van der Waals surface area contributed by atoms with E-state index in [-0.39, 0.29) is 5.41 Å². The zero-order chi connectivity index (χ0) is 11.0. The SMILES string of the molecule is CCCCC(C)(CCCC)CC(=O)O. The highest BCUT2D eigenvalue weighted by atomic mass is 16.4. The monoisotopic (exact) mass is 200 g/mol. The Hall–Kier alpha value is -0.530. The van der Waals surface area contributed by atoms with Gasteiger partial charge in [-0.25, -0.2) is 0 Å². The van der Waals surface area contributed by atoms with E-state index >= 15 is 0 Å². The summed E-state index contributed by atoms with van der Waals surface area (Å²) >= 11 is 0. The van der Waals surface area contributed by atoms with Crippen molar-refractivity contribution in [1.82, 2.24) is 0 Å². The van der Waals surface area contributed by atoms with Gasteiger partial charge in [-0.05, 0) is 18.3 Å². The first-order chi connectivity index (χ1) is 6.54. The molecule has 1 N–H and O–H groups in total. The molecule has 0 unspecified atom stereocenters. The first kappa shape index (κ1) is 13.5. The number of hydrogen-bond acceptors (Lipinski definition) is 1. The molecule has 0 rings (SSSR count). The lowest BCUT2D eigenvalue weighted by Gasteiger charge is -2.27. The van der Waals surface area contributed by atoms with Gasteiger partial charge in [-0.1, -0.05) is 46.5 Å². The fourth-order valence-electron chi connectivity index (χ4n) is 1.87. The second kappa shape index (κ2) is 6.86. The van der Waals surface area contributed by atoms with Crippen LogP contribution in [-0.2, 0) is 4.79 Å². The van der Waals surface area contributed by atoms with E-state index in [1.165, 1.54) is 0 Å². The molecule has 84 valence electrons. The molecule has 0 aromatic heterocycles. The van der Waals surface area contributed by atoms with Gasteiger partial charge in [0.2, 0.25) is 0 Å². The van der Waals surface area contributed by atoms with Crippen molar-refractivity contribution in [2.24, 2.45) is 5.41 Å². The number of unbranched alkanes of at least 4 members (excludes halogenated alkanes) is 2. The molecule has 0 aliphatic carbocycles. The van der Waals surface area contributed by atoms with Crippen LogP contribution >= 0.6 is 0 Å². The Kier molecular flexibility index (Phi) is 6.60. The predicted molar refractivity (Wildman–Crippen MR) is 59.4 cm³/mol. The van der Waals surface area contributed by atoms with Crippen molar-refractivity contribution < 1.29 is 9.90 Å². The van der Waals surface area contributed by atoms with Crippen molar-refractivity contribution in [3.05, 3.63) is 0 Å². The molecular formula is C12H24O2. The van der Waals surface area contributed by atoms with Gasteiger partial charge in [0.1, 0.15) is 0 Å². The van der Waals surface area contributed by atoms with Gasteiger partial charge in [0.25, 0.3) is 0 Å². The number of rotatable bonds is 8. The fraction of sp³-hybridized carbons (Fsp3) is 0.917. The molecule has 0 saturated carbocycles. The highest BCUT2D eigenvalue weighted by Crippen LogP contribution is 2.34. The zero-order valence-electron chi connectivity index (χ0n) is 9.81. The molecule has 14 heavy (non-hydrogen) atoms. The molecule has 0 bridgehead atoms. The first-order valence-electron chi connectivity index (χ1n) is 5.76. The van der Waals surface area contributed by atoms with Crippen LogP contribution in [0.15, 0.2) is 0 Å². The van der Waals surface area contributed by atoms with Crippen LogP contribution in [-0.4, -0.2) is 11.1 Å². The third-order valence-corrected chi connectivity index (χ3v) is 2.85. The van der Waals surface area contributed by atoms with Gasteiger partial charge in [0.15, 0.2) is 0 Å². The van der Waals surface area contributed by atoms with E-state index in [1.54, 1.807) is 0 Å². The summed E-state index contributed by atoms with van der Waals surface area (Å²) in [7, 11) is 0. The molecule has 0 amide bonds. The molecule has 0 aromatic rings. The van der Waals surface area contributed by atoms with Gasteiger partial charge in [0, 0.05) is 0 Å². The van der Waals surface area contributed by atoms with Crippen LogP contribution in [0.25, 0.3) is 0 Å². The summed E-state index contributed by atoms with van der Waals surface area (Å²) < 4.78 is 0. The van der Waals surface area contributed by atoms with Gasteiger partial charge < -0.3 is 5.11 Å². The minimum absolute atomic E-state index is 0.0256. The Morgan fingerprint density at radius 2 is 1.57 bits per heavy atom. The molecule has 0 spiro atoms. The maximum Gasteiger partial charge on any atom is 0.303 e. The maximum absolute atomic E-state index is 10.7. The van der Waals surface area contributed by atoms with E-state index in [0.29, 0.717) is 6.42 Å². The van der Waals surface area contributed by atoms with E-state index in [9.17, 15) is 4.79 Å². The van der Waals surface area contributed by atoms with Gasteiger partial charge in [-0.3, -0.25) is 4.79 Å². The third kappa shape index (κ3) is 6.01. The summed E-state index contributed by atoms with van der Waals surface area (Å²) in [4.78, 5) is 10.7. The van der Waals surface area contributed by atoms with Crippen LogP contribution in [0.1, 0.15) is 65.7 Å². The molecule has 0 fully saturated rings. The Bertz CT molecular complexity index is 156. The van der Waals surface area contributed by atoms with Crippen molar-refractivity contribution in [3.8, 4) is 0 Å². The molecule has 0 heterocycles. The Morgan fingerprint density at radius 3 is 1.86 bits per heavy atom. The largest absolute Gasteiger partial charge is 0.481 e. The first-order valence-corrected chi connectivity index (χ1v) is 5.76. The lowest BCUT2D eigenvalue weighted by Crippen LogP contribution is -2.20. The summed E-state index contributed by atoms with van der Waals surface area (Å²) in [6.07, 6.45) is 7.03. The Morgan fingerprint density at radius 1 is 1.14 bits per heavy atom. The summed E-state index contributed by atoms with van der Waals surface area (Å²) in [5.74, 6) is -0.653. The quantitative estimate of drug-likeness (QED) is 0.646. The highest BCUT2D eigenvalue weighted by molar-refractivity contribution is 5.67.